The van der Waals surface area contributed by atoms with Crippen LogP contribution < -0.4 is 10.6 Å². The number of ketones is 2. The molecule has 4 atom stereocenters. The number of rotatable bonds is 14. The lowest BCUT2D eigenvalue weighted by Gasteiger charge is -2.30. The number of hydrogen-bond acceptors (Lipinski definition) is 8. The minimum atomic E-state index is -1.13. The second kappa shape index (κ2) is 16.4. The first kappa shape index (κ1) is 36.5. The topological polar surface area (TPSA) is 111 Å². The molecule has 2 fully saturated rings. The van der Waals surface area contributed by atoms with E-state index in [1.54, 1.807) is 0 Å². The molecule has 0 aromatic heterocycles. The lowest BCUT2D eigenvalue weighted by molar-refractivity contribution is -0.158. The summed E-state index contributed by atoms with van der Waals surface area (Å²) in [4.78, 5) is 52.5. The summed E-state index contributed by atoms with van der Waals surface area (Å²) in [6, 6.07) is 29.8. The third-order valence-electron chi connectivity index (χ3n) is 9.56. The molecule has 0 aliphatic carbocycles. The summed E-state index contributed by atoms with van der Waals surface area (Å²) in [5.41, 5.74) is 0.387. The van der Waals surface area contributed by atoms with Gasteiger partial charge in [-0.3, -0.25) is 20.2 Å². The summed E-state index contributed by atoms with van der Waals surface area (Å²) in [5.74, 6) is -2.94. The molecule has 2 aliphatic heterocycles. The first-order valence-electron chi connectivity index (χ1n) is 17.4. The van der Waals surface area contributed by atoms with Crippen LogP contribution in [0.4, 0.5) is 8.78 Å². The van der Waals surface area contributed by atoms with E-state index in [1.807, 2.05) is 60.7 Å². The zero-order valence-electron chi connectivity index (χ0n) is 28.6. The molecular weight excluding hydrogens is 666 g/mol. The Kier molecular flexibility index (Phi) is 11.5. The van der Waals surface area contributed by atoms with Crippen LogP contribution in [-0.4, -0.2) is 48.0 Å². The van der Waals surface area contributed by atoms with Crippen LogP contribution >= 0.6 is 0 Å². The number of esters is 2. The van der Waals surface area contributed by atoms with E-state index in [0.717, 1.165) is 23.3 Å². The quantitative estimate of drug-likeness (QED) is 0.0864. The van der Waals surface area contributed by atoms with Crippen molar-refractivity contribution >= 4 is 23.5 Å². The van der Waals surface area contributed by atoms with Crippen LogP contribution in [0.3, 0.4) is 0 Å². The highest BCUT2D eigenvalue weighted by atomic mass is 19.1. The van der Waals surface area contributed by atoms with E-state index < -0.39 is 35.0 Å². The van der Waals surface area contributed by atoms with Gasteiger partial charge in [0.25, 0.3) is 0 Å². The Morgan fingerprint density at radius 3 is 1.31 bits per heavy atom. The number of Topliss-reactive ketones (excluding diaryl/α,β-unsaturated/α-hetero) is 2. The van der Waals surface area contributed by atoms with Crippen LogP contribution in [0.15, 0.2) is 121 Å². The second-order valence-corrected chi connectivity index (χ2v) is 13.7. The van der Waals surface area contributed by atoms with Crippen LogP contribution in [0.1, 0.15) is 57.5 Å². The lowest BCUT2D eigenvalue weighted by Crippen LogP contribution is -2.46. The number of carbonyl (C=O) groups excluding carboxylic acids is 4. The van der Waals surface area contributed by atoms with Crippen molar-refractivity contribution in [3.05, 3.63) is 155 Å². The lowest BCUT2D eigenvalue weighted by atomic mass is 9.92. The summed E-state index contributed by atoms with van der Waals surface area (Å²) in [7, 11) is 0. The maximum atomic E-state index is 13.4. The molecule has 0 saturated carbocycles. The number of benzene rings is 4. The van der Waals surface area contributed by atoms with Gasteiger partial charge in [0, 0.05) is 74.9 Å². The van der Waals surface area contributed by atoms with Gasteiger partial charge >= 0.3 is 11.9 Å². The van der Waals surface area contributed by atoms with E-state index in [4.69, 9.17) is 9.47 Å². The summed E-state index contributed by atoms with van der Waals surface area (Å²) in [5, 5.41) is 6.64. The van der Waals surface area contributed by atoms with E-state index >= 15 is 0 Å². The highest BCUT2D eigenvalue weighted by Gasteiger charge is 2.44. The number of nitrogens with one attached hydrogen (secondary N) is 2. The first-order chi connectivity index (χ1) is 25.1. The predicted octanol–water partition coefficient (Wildman–Crippen LogP) is 6.55. The average molecular weight is 707 g/mol. The molecule has 0 radical (unpaired) electrons. The number of hydrogen-bond donors (Lipinski definition) is 2. The van der Waals surface area contributed by atoms with Crippen LogP contribution in [0.5, 0.6) is 0 Å². The third-order valence-corrected chi connectivity index (χ3v) is 9.56. The molecule has 2 aliphatic rings. The molecule has 2 saturated heterocycles. The van der Waals surface area contributed by atoms with Gasteiger partial charge in [0.2, 0.25) is 0 Å². The fourth-order valence-corrected chi connectivity index (χ4v) is 7.14. The Hall–Kier alpha value is -5.32. The highest BCUT2D eigenvalue weighted by Crippen LogP contribution is 2.34. The van der Waals surface area contributed by atoms with Gasteiger partial charge in [-0.1, -0.05) is 60.7 Å². The first-order valence-corrected chi connectivity index (χ1v) is 17.4. The molecule has 6 rings (SSSR count). The van der Waals surface area contributed by atoms with Crippen molar-refractivity contribution in [2.75, 3.05) is 13.1 Å². The third kappa shape index (κ3) is 9.71. The van der Waals surface area contributed by atoms with E-state index in [1.165, 1.54) is 48.5 Å². The Morgan fingerprint density at radius 2 is 0.942 bits per heavy atom. The Balaban J connectivity index is 1.11. The van der Waals surface area contributed by atoms with Crippen LogP contribution in [0.2, 0.25) is 0 Å². The summed E-state index contributed by atoms with van der Waals surface area (Å²) < 4.78 is 38.8. The molecule has 268 valence electrons. The van der Waals surface area contributed by atoms with Gasteiger partial charge in [-0.05, 0) is 71.5 Å². The van der Waals surface area contributed by atoms with Crippen LogP contribution in [-0.2, 0) is 31.9 Å². The summed E-state index contributed by atoms with van der Waals surface area (Å²) >= 11 is 0. The predicted molar refractivity (Wildman–Crippen MR) is 190 cm³/mol. The van der Waals surface area contributed by atoms with Gasteiger partial charge in [0.05, 0.1) is 0 Å². The van der Waals surface area contributed by atoms with E-state index in [-0.39, 0.29) is 36.2 Å². The number of halogens is 2. The minimum absolute atomic E-state index is 0.136. The summed E-state index contributed by atoms with van der Waals surface area (Å²) in [6.07, 6.45) is 3.80. The van der Waals surface area contributed by atoms with Crippen molar-refractivity contribution < 1.29 is 37.4 Å². The molecule has 10 heteroatoms. The summed E-state index contributed by atoms with van der Waals surface area (Å²) in [6.45, 7) is 0.828. The molecule has 4 unspecified atom stereocenters. The molecule has 8 nitrogen and oxygen atoms in total. The van der Waals surface area contributed by atoms with Gasteiger partial charge in [-0.25, -0.2) is 18.4 Å². The number of ether oxygens (including phenoxy) is 2. The molecule has 0 spiro atoms. The maximum Gasteiger partial charge on any atom is 0.332 e. The van der Waals surface area contributed by atoms with E-state index in [9.17, 15) is 28.0 Å². The fourth-order valence-electron chi connectivity index (χ4n) is 7.14. The standard InChI is InChI=1S/C42H40F2N2O6/c43-35-15-11-33(12-16-35)37(47)21-31-25-41(45-27-31,23-29-7-3-1-4-8-29)51-39(49)19-20-40(50)52-42(24-30-9-5-2-6-10-30)26-32(28-46-42)22-38(48)34-13-17-36(44)18-14-34/h1-20,31-32,45-46H,21-28H2/b20-19-. The van der Waals surface area contributed by atoms with Crippen molar-refractivity contribution in [2.45, 2.75) is 50.0 Å². The molecule has 4 aromatic carbocycles. The largest absolute Gasteiger partial charge is 0.440 e. The van der Waals surface area contributed by atoms with Crippen molar-refractivity contribution in [1.82, 2.24) is 10.6 Å². The van der Waals surface area contributed by atoms with Crippen molar-refractivity contribution in [3.8, 4) is 0 Å². The molecule has 2 heterocycles. The SMILES string of the molecule is O=C(/C=C\C(=O)OC1(Cc2ccccc2)CC(CC(=O)c2ccc(F)cc2)CN1)OC1(Cc2ccccc2)CC(CC(=O)c2ccc(F)cc2)CN1. The Labute approximate surface area is 301 Å². The maximum absolute atomic E-state index is 13.4. The molecule has 4 aromatic rings. The fraction of sp³-hybridized carbons (Fsp3) is 0.286. The normalized spacial score (nSPS) is 22.7. The molecule has 0 amide bonds. The van der Waals surface area contributed by atoms with Gasteiger partial charge < -0.3 is 9.47 Å². The molecule has 0 bridgehead atoms. The highest BCUT2D eigenvalue weighted by molar-refractivity contribution is 5.97. The van der Waals surface area contributed by atoms with Gasteiger partial charge in [-0.2, -0.15) is 0 Å². The van der Waals surface area contributed by atoms with Gasteiger partial charge in [0.15, 0.2) is 23.0 Å². The molecular formula is C42H40F2N2O6. The van der Waals surface area contributed by atoms with Gasteiger partial charge in [-0.15, -0.1) is 0 Å². The van der Waals surface area contributed by atoms with E-state index in [2.05, 4.69) is 10.6 Å². The van der Waals surface area contributed by atoms with Crippen molar-refractivity contribution in [3.63, 3.8) is 0 Å². The Bertz CT molecular complexity index is 1760. The molecule has 52 heavy (non-hydrogen) atoms. The smallest absolute Gasteiger partial charge is 0.332 e. The van der Waals surface area contributed by atoms with Gasteiger partial charge in [0.1, 0.15) is 11.6 Å². The zero-order valence-corrected chi connectivity index (χ0v) is 28.6. The minimum Gasteiger partial charge on any atom is -0.440 e. The molecule has 2 N–H and O–H groups in total. The van der Waals surface area contributed by atoms with Crippen molar-refractivity contribution in [2.24, 2.45) is 11.8 Å². The van der Waals surface area contributed by atoms with Crippen LogP contribution in [0.25, 0.3) is 0 Å². The second-order valence-electron chi connectivity index (χ2n) is 13.7. The average Bonchev–Trinajstić information content (AvgIpc) is 3.71. The zero-order chi connectivity index (χ0) is 36.6. The van der Waals surface area contributed by atoms with Crippen LogP contribution in [0, 0.1) is 23.5 Å². The monoisotopic (exact) mass is 706 g/mol. The van der Waals surface area contributed by atoms with E-state index in [0.29, 0.717) is 49.9 Å². The van der Waals surface area contributed by atoms with Crippen molar-refractivity contribution in [1.29, 1.82) is 0 Å². The Morgan fingerprint density at radius 1 is 0.577 bits per heavy atom. The number of carbonyl (C=O) groups is 4.